The van der Waals surface area contributed by atoms with Crippen molar-refractivity contribution in [1.82, 2.24) is 18.8 Å². The second-order valence-electron chi connectivity index (χ2n) is 9.30. The standard InChI is InChI=1S/C24H34N4O4S/c1-17-5-6-22(15-18(17)2)32-21-9-11-27(12-10-21)24(29)20-7-13-28(14-8-20)33(30,31)23-16-26(4)19(3)25-23/h5-6,15-16,20-21H,7-14H2,1-4H3. The lowest BCUT2D eigenvalue weighted by molar-refractivity contribution is -0.138. The van der Waals surface area contributed by atoms with E-state index in [2.05, 4.69) is 31.0 Å². The highest BCUT2D eigenvalue weighted by molar-refractivity contribution is 7.89. The molecule has 1 aromatic carbocycles. The van der Waals surface area contributed by atoms with E-state index in [-0.39, 0.29) is 23.0 Å². The van der Waals surface area contributed by atoms with Crippen LogP contribution in [0.3, 0.4) is 0 Å². The molecule has 9 heteroatoms. The SMILES string of the molecule is Cc1ccc(OC2CCN(C(=O)C3CCN(S(=O)(=O)c4cn(C)c(C)n4)CC3)CC2)cc1C. The van der Waals surface area contributed by atoms with Crippen molar-refractivity contribution in [2.45, 2.75) is 57.6 Å². The fourth-order valence-electron chi connectivity index (χ4n) is 4.56. The number of amides is 1. The van der Waals surface area contributed by atoms with Crippen LogP contribution < -0.4 is 4.74 Å². The summed E-state index contributed by atoms with van der Waals surface area (Å²) in [4.78, 5) is 19.2. The fraction of sp³-hybridized carbons (Fsp3) is 0.583. The van der Waals surface area contributed by atoms with Gasteiger partial charge in [-0.2, -0.15) is 4.31 Å². The Morgan fingerprint density at radius 3 is 2.24 bits per heavy atom. The van der Waals surface area contributed by atoms with Gasteiger partial charge in [0.25, 0.3) is 10.0 Å². The number of hydrogen-bond acceptors (Lipinski definition) is 5. The largest absolute Gasteiger partial charge is 0.490 e. The first-order chi connectivity index (χ1) is 15.6. The van der Waals surface area contributed by atoms with Crippen LogP contribution in [0.25, 0.3) is 0 Å². The molecule has 3 heterocycles. The van der Waals surface area contributed by atoms with Gasteiger partial charge in [-0.05, 0) is 56.9 Å². The van der Waals surface area contributed by atoms with Crippen molar-refractivity contribution in [3.63, 3.8) is 0 Å². The van der Waals surface area contributed by atoms with Gasteiger partial charge in [0.15, 0.2) is 5.03 Å². The minimum Gasteiger partial charge on any atom is -0.490 e. The molecule has 1 aromatic heterocycles. The third-order valence-electron chi connectivity index (χ3n) is 7.03. The molecule has 0 unspecified atom stereocenters. The lowest BCUT2D eigenvalue weighted by atomic mass is 9.95. The van der Waals surface area contributed by atoms with Crippen LogP contribution in [0.5, 0.6) is 5.75 Å². The Kier molecular flexibility index (Phi) is 6.81. The van der Waals surface area contributed by atoms with Gasteiger partial charge in [0.2, 0.25) is 5.91 Å². The molecule has 0 saturated carbocycles. The third-order valence-corrected chi connectivity index (χ3v) is 8.80. The Morgan fingerprint density at radius 2 is 1.67 bits per heavy atom. The summed E-state index contributed by atoms with van der Waals surface area (Å²) in [6.45, 7) is 8.00. The third kappa shape index (κ3) is 5.09. The van der Waals surface area contributed by atoms with Crippen molar-refractivity contribution in [3.05, 3.63) is 41.3 Å². The lowest BCUT2D eigenvalue weighted by Crippen LogP contribution is -2.47. The van der Waals surface area contributed by atoms with Crippen LogP contribution in [0.15, 0.2) is 29.4 Å². The molecular formula is C24H34N4O4S. The van der Waals surface area contributed by atoms with E-state index in [1.165, 1.54) is 15.4 Å². The first-order valence-corrected chi connectivity index (χ1v) is 13.1. The smallest absolute Gasteiger partial charge is 0.262 e. The highest BCUT2D eigenvalue weighted by Crippen LogP contribution is 2.27. The van der Waals surface area contributed by atoms with E-state index in [0.717, 1.165) is 18.6 Å². The Bertz CT molecular complexity index is 1090. The van der Waals surface area contributed by atoms with Crippen LogP contribution >= 0.6 is 0 Å². The van der Waals surface area contributed by atoms with Gasteiger partial charge in [0.05, 0.1) is 0 Å². The summed E-state index contributed by atoms with van der Waals surface area (Å²) in [6, 6.07) is 6.15. The van der Waals surface area contributed by atoms with Gasteiger partial charge in [-0.3, -0.25) is 4.79 Å². The zero-order valence-corrected chi connectivity index (χ0v) is 20.8. The molecule has 2 aliphatic rings. The number of piperidine rings is 2. The van der Waals surface area contributed by atoms with E-state index >= 15 is 0 Å². The Balaban J connectivity index is 1.27. The summed E-state index contributed by atoms with van der Waals surface area (Å²) in [5, 5.41) is 0.0816. The lowest BCUT2D eigenvalue weighted by Gasteiger charge is -2.36. The molecule has 2 saturated heterocycles. The summed E-state index contributed by atoms with van der Waals surface area (Å²) < 4.78 is 35.1. The van der Waals surface area contributed by atoms with Gasteiger partial charge in [-0.1, -0.05) is 6.07 Å². The molecule has 0 atom stereocenters. The molecule has 1 amide bonds. The molecular weight excluding hydrogens is 440 g/mol. The summed E-state index contributed by atoms with van der Waals surface area (Å²) in [5.74, 6) is 1.56. The summed E-state index contributed by atoms with van der Waals surface area (Å²) in [6.07, 6.45) is 4.37. The maximum Gasteiger partial charge on any atom is 0.262 e. The molecule has 0 radical (unpaired) electrons. The Hall–Kier alpha value is -2.39. The molecule has 4 rings (SSSR count). The van der Waals surface area contributed by atoms with Crippen molar-refractivity contribution in [2.24, 2.45) is 13.0 Å². The van der Waals surface area contributed by atoms with Crippen molar-refractivity contribution in [1.29, 1.82) is 0 Å². The van der Waals surface area contributed by atoms with Gasteiger partial charge in [0, 0.05) is 58.2 Å². The number of rotatable bonds is 5. The number of nitrogens with zero attached hydrogens (tertiary/aromatic N) is 4. The van der Waals surface area contributed by atoms with Crippen LogP contribution in [0.2, 0.25) is 0 Å². The highest BCUT2D eigenvalue weighted by atomic mass is 32.2. The van der Waals surface area contributed by atoms with E-state index in [1.807, 2.05) is 11.0 Å². The minimum atomic E-state index is -3.62. The Labute approximate surface area is 196 Å². The van der Waals surface area contributed by atoms with Crippen molar-refractivity contribution in [3.8, 4) is 5.75 Å². The number of benzene rings is 1. The van der Waals surface area contributed by atoms with E-state index in [9.17, 15) is 13.2 Å². The maximum atomic E-state index is 13.1. The van der Waals surface area contributed by atoms with E-state index in [1.54, 1.807) is 24.7 Å². The number of likely N-dealkylation sites (tertiary alicyclic amines) is 1. The van der Waals surface area contributed by atoms with Gasteiger partial charge < -0.3 is 14.2 Å². The van der Waals surface area contributed by atoms with Gasteiger partial charge in [-0.25, -0.2) is 13.4 Å². The normalized spacial score (nSPS) is 19.1. The van der Waals surface area contributed by atoms with Crippen LogP contribution in [0.1, 0.15) is 42.6 Å². The van der Waals surface area contributed by atoms with E-state index < -0.39 is 10.0 Å². The molecule has 0 bridgehead atoms. The summed E-state index contributed by atoms with van der Waals surface area (Å²) >= 11 is 0. The van der Waals surface area contributed by atoms with Gasteiger partial charge in [-0.15, -0.1) is 0 Å². The quantitative estimate of drug-likeness (QED) is 0.665. The fourth-order valence-corrected chi connectivity index (χ4v) is 6.05. The number of aromatic nitrogens is 2. The maximum absolute atomic E-state index is 13.1. The number of sulfonamides is 1. The number of carbonyl (C=O) groups is 1. The van der Waals surface area contributed by atoms with Crippen LogP contribution in [-0.4, -0.2) is 65.4 Å². The topological polar surface area (TPSA) is 84.7 Å². The van der Waals surface area contributed by atoms with Crippen LogP contribution in [0.4, 0.5) is 0 Å². The molecule has 2 aromatic rings. The average Bonchev–Trinajstić information content (AvgIpc) is 3.15. The van der Waals surface area contributed by atoms with E-state index in [4.69, 9.17) is 4.74 Å². The zero-order chi connectivity index (χ0) is 23.8. The Morgan fingerprint density at radius 1 is 1.00 bits per heavy atom. The van der Waals surface area contributed by atoms with Gasteiger partial charge >= 0.3 is 0 Å². The number of carbonyl (C=O) groups excluding carboxylic acids is 1. The first kappa shape index (κ1) is 23.8. The number of ether oxygens (including phenoxy) is 1. The predicted octanol–water partition coefficient (Wildman–Crippen LogP) is 2.82. The second kappa shape index (κ2) is 9.46. The van der Waals surface area contributed by atoms with Gasteiger partial charge in [0.1, 0.15) is 17.7 Å². The highest BCUT2D eigenvalue weighted by Gasteiger charge is 2.36. The number of hydrogen-bond donors (Lipinski definition) is 0. The average molecular weight is 475 g/mol. The second-order valence-corrected chi connectivity index (χ2v) is 11.2. The molecule has 180 valence electrons. The van der Waals surface area contributed by atoms with Crippen molar-refractivity contribution in [2.75, 3.05) is 26.2 Å². The molecule has 0 spiro atoms. The molecule has 33 heavy (non-hydrogen) atoms. The van der Waals surface area contributed by atoms with Crippen molar-refractivity contribution >= 4 is 15.9 Å². The molecule has 0 aliphatic carbocycles. The first-order valence-electron chi connectivity index (χ1n) is 11.7. The molecule has 8 nitrogen and oxygen atoms in total. The number of aryl methyl sites for hydroxylation is 4. The molecule has 2 fully saturated rings. The van der Waals surface area contributed by atoms with Crippen LogP contribution in [0, 0.1) is 26.7 Å². The predicted molar refractivity (Wildman–Crippen MR) is 126 cm³/mol. The zero-order valence-electron chi connectivity index (χ0n) is 20.0. The van der Waals surface area contributed by atoms with E-state index in [0.29, 0.717) is 44.8 Å². The number of imidazole rings is 1. The van der Waals surface area contributed by atoms with Crippen LogP contribution in [-0.2, 0) is 21.9 Å². The molecule has 2 aliphatic heterocycles. The monoisotopic (exact) mass is 474 g/mol. The minimum absolute atomic E-state index is 0.0816. The van der Waals surface area contributed by atoms with Crippen molar-refractivity contribution < 1.29 is 17.9 Å². The summed E-state index contributed by atoms with van der Waals surface area (Å²) in [7, 11) is -1.84. The summed E-state index contributed by atoms with van der Waals surface area (Å²) in [5.41, 5.74) is 2.46. The molecule has 0 N–H and O–H groups in total.